The summed E-state index contributed by atoms with van der Waals surface area (Å²) in [5.41, 5.74) is 1.68. The summed E-state index contributed by atoms with van der Waals surface area (Å²) in [6.07, 6.45) is -0.515. The fourth-order valence-electron chi connectivity index (χ4n) is 2.77. The van der Waals surface area contributed by atoms with E-state index in [0.29, 0.717) is 16.6 Å². The van der Waals surface area contributed by atoms with Crippen LogP contribution in [0.1, 0.15) is 32.7 Å². The Morgan fingerprint density at radius 2 is 1.81 bits per heavy atom. The first kappa shape index (κ1) is 18.3. The lowest BCUT2D eigenvalue weighted by Gasteiger charge is -2.17. The van der Waals surface area contributed by atoms with Crippen LogP contribution in [-0.2, 0) is 16.1 Å². The van der Waals surface area contributed by atoms with Crippen LogP contribution in [0.5, 0.6) is 5.75 Å². The van der Waals surface area contributed by atoms with Crippen LogP contribution in [-0.4, -0.2) is 21.6 Å². The van der Waals surface area contributed by atoms with Gasteiger partial charge in [-0.1, -0.05) is 23.7 Å². The summed E-state index contributed by atoms with van der Waals surface area (Å²) in [5, 5.41) is 0.647. The highest BCUT2D eigenvalue weighted by Gasteiger charge is 2.20. The molecule has 0 fully saturated rings. The van der Waals surface area contributed by atoms with Gasteiger partial charge in [-0.2, -0.15) is 0 Å². The molecule has 0 spiro atoms. The lowest BCUT2D eigenvalue weighted by Crippen LogP contribution is -2.20. The van der Waals surface area contributed by atoms with Crippen LogP contribution in [0, 0.1) is 0 Å². The maximum atomic E-state index is 12.2. The Hall–Kier alpha value is -2.53. The van der Waals surface area contributed by atoms with Gasteiger partial charge in [0.25, 0.3) is 0 Å². The van der Waals surface area contributed by atoms with Crippen LogP contribution in [0.15, 0.2) is 48.5 Å². The number of hydrogen-bond donors (Lipinski definition) is 0. The molecule has 136 valence electrons. The fraction of sp³-hybridized carbons (Fsp3) is 0.300. The van der Waals surface area contributed by atoms with Gasteiger partial charge in [0.05, 0.1) is 17.1 Å². The zero-order valence-electron chi connectivity index (χ0n) is 15.0. The molecule has 1 atom stereocenters. The Bertz CT molecular complexity index is 903. The van der Waals surface area contributed by atoms with E-state index in [9.17, 15) is 4.79 Å². The van der Waals surface area contributed by atoms with Gasteiger partial charge in [0, 0.05) is 5.02 Å². The van der Waals surface area contributed by atoms with Crippen molar-refractivity contribution < 1.29 is 14.3 Å². The molecular weight excluding hydrogens is 352 g/mol. The first-order valence-corrected chi connectivity index (χ1v) is 8.88. The number of rotatable bonds is 6. The van der Waals surface area contributed by atoms with Crippen molar-refractivity contribution in [1.82, 2.24) is 9.55 Å². The van der Waals surface area contributed by atoms with Gasteiger partial charge in [0.1, 0.15) is 12.3 Å². The number of aromatic nitrogens is 2. The van der Waals surface area contributed by atoms with E-state index >= 15 is 0 Å². The maximum absolute atomic E-state index is 12.2. The number of esters is 1. The normalized spacial score (nSPS) is 12.3. The molecule has 3 rings (SSSR count). The van der Waals surface area contributed by atoms with Crippen molar-refractivity contribution in [2.24, 2.45) is 0 Å². The van der Waals surface area contributed by atoms with E-state index in [0.717, 1.165) is 11.0 Å². The topological polar surface area (TPSA) is 53.4 Å². The second-order valence-electron chi connectivity index (χ2n) is 6.30. The molecule has 2 aromatic carbocycles. The van der Waals surface area contributed by atoms with Crippen molar-refractivity contribution in [2.75, 3.05) is 0 Å². The Labute approximate surface area is 157 Å². The Morgan fingerprint density at radius 3 is 2.50 bits per heavy atom. The fourth-order valence-corrected chi connectivity index (χ4v) is 2.90. The van der Waals surface area contributed by atoms with Gasteiger partial charge in [-0.05, 0) is 57.2 Å². The second-order valence-corrected chi connectivity index (χ2v) is 6.73. The molecule has 1 heterocycles. The zero-order chi connectivity index (χ0) is 18.7. The van der Waals surface area contributed by atoms with Crippen molar-refractivity contribution in [3.63, 3.8) is 0 Å². The summed E-state index contributed by atoms with van der Waals surface area (Å²) in [7, 11) is 0. The van der Waals surface area contributed by atoms with E-state index in [2.05, 4.69) is 4.98 Å². The number of fused-ring (bicyclic) bond motifs is 1. The van der Waals surface area contributed by atoms with Crippen molar-refractivity contribution >= 4 is 28.6 Å². The number of imidazole rings is 1. The summed E-state index contributed by atoms with van der Waals surface area (Å²) >= 11 is 5.92. The van der Waals surface area contributed by atoms with E-state index in [1.807, 2.05) is 49.6 Å². The molecule has 0 saturated carbocycles. The number of halogens is 1. The van der Waals surface area contributed by atoms with Gasteiger partial charge in [-0.25, -0.2) is 4.98 Å². The molecule has 0 saturated heterocycles. The summed E-state index contributed by atoms with van der Waals surface area (Å²) < 4.78 is 13.1. The molecule has 26 heavy (non-hydrogen) atoms. The number of carbonyl (C=O) groups is 1. The van der Waals surface area contributed by atoms with Crippen LogP contribution >= 0.6 is 11.6 Å². The monoisotopic (exact) mass is 372 g/mol. The zero-order valence-corrected chi connectivity index (χ0v) is 15.7. The first-order chi connectivity index (χ1) is 12.4. The minimum Gasteiger partial charge on any atom is -0.483 e. The summed E-state index contributed by atoms with van der Waals surface area (Å²) in [6.45, 7) is 5.65. The molecule has 0 amide bonds. The average Bonchev–Trinajstić information content (AvgIpc) is 2.95. The van der Waals surface area contributed by atoms with E-state index in [1.165, 1.54) is 0 Å². The van der Waals surface area contributed by atoms with Crippen molar-refractivity contribution in [2.45, 2.75) is 39.5 Å². The van der Waals surface area contributed by atoms with Crippen LogP contribution in [0.25, 0.3) is 11.0 Å². The largest absolute Gasteiger partial charge is 0.483 e. The number of hydrogen-bond acceptors (Lipinski definition) is 4. The SMILES string of the molecule is CC(C)OC(=O)Cn1c(C(C)Oc2ccc(Cl)cc2)nc2ccccc21. The minimum atomic E-state index is -0.351. The van der Waals surface area contributed by atoms with Crippen LogP contribution in [0.3, 0.4) is 0 Å². The van der Waals surface area contributed by atoms with Gasteiger partial charge in [-0.15, -0.1) is 0 Å². The average molecular weight is 373 g/mol. The van der Waals surface area contributed by atoms with Gasteiger partial charge in [0.2, 0.25) is 0 Å². The highest BCUT2D eigenvalue weighted by molar-refractivity contribution is 6.30. The van der Waals surface area contributed by atoms with E-state index in [1.54, 1.807) is 24.3 Å². The first-order valence-electron chi connectivity index (χ1n) is 8.51. The maximum Gasteiger partial charge on any atom is 0.326 e. The number of para-hydroxylation sites is 2. The molecular formula is C20H21ClN2O3. The highest BCUT2D eigenvalue weighted by atomic mass is 35.5. The predicted octanol–water partition coefficient (Wildman–Crippen LogP) is 4.78. The third-order valence-corrected chi connectivity index (χ3v) is 4.08. The number of carbonyl (C=O) groups excluding carboxylic acids is 1. The lowest BCUT2D eigenvalue weighted by molar-refractivity contribution is -0.148. The Balaban J connectivity index is 1.91. The third-order valence-electron chi connectivity index (χ3n) is 3.83. The van der Waals surface area contributed by atoms with Crippen LogP contribution < -0.4 is 4.74 Å². The van der Waals surface area contributed by atoms with Crippen molar-refractivity contribution in [3.05, 3.63) is 59.4 Å². The van der Waals surface area contributed by atoms with Gasteiger partial charge >= 0.3 is 5.97 Å². The van der Waals surface area contributed by atoms with Crippen LogP contribution in [0.4, 0.5) is 0 Å². The smallest absolute Gasteiger partial charge is 0.326 e. The van der Waals surface area contributed by atoms with E-state index < -0.39 is 0 Å². The molecule has 0 aliphatic heterocycles. The van der Waals surface area contributed by atoms with Crippen molar-refractivity contribution in [1.29, 1.82) is 0 Å². The van der Waals surface area contributed by atoms with Gasteiger partial charge in [-0.3, -0.25) is 4.79 Å². The molecule has 0 radical (unpaired) electrons. The second kappa shape index (κ2) is 7.79. The molecule has 0 N–H and O–H groups in total. The molecule has 3 aromatic rings. The number of benzene rings is 2. The Kier molecular flexibility index (Phi) is 5.47. The minimum absolute atomic E-state index is 0.0857. The quantitative estimate of drug-likeness (QED) is 0.584. The summed E-state index contributed by atoms with van der Waals surface area (Å²) in [4.78, 5) is 16.9. The third kappa shape index (κ3) is 4.17. The summed E-state index contributed by atoms with van der Waals surface area (Å²) in [6, 6.07) is 14.8. The van der Waals surface area contributed by atoms with Crippen molar-refractivity contribution in [3.8, 4) is 5.75 Å². The molecule has 5 nitrogen and oxygen atoms in total. The predicted molar refractivity (Wildman–Crippen MR) is 101 cm³/mol. The standard InChI is InChI=1S/C20H21ClN2O3/c1-13(2)25-19(24)12-23-18-7-5-4-6-17(18)22-20(23)14(3)26-16-10-8-15(21)9-11-16/h4-11,13-14H,12H2,1-3H3. The molecule has 0 bridgehead atoms. The summed E-state index contributed by atoms with van der Waals surface area (Å²) in [5.74, 6) is 1.05. The number of nitrogens with zero attached hydrogens (tertiary/aromatic N) is 2. The number of ether oxygens (including phenoxy) is 2. The Morgan fingerprint density at radius 1 is 1.12 bits per heavy atom. The van der Waals surface area contributed by atoms with E-state index in [-0.39, 0.29) is 24.7 Å². The molecule has 0 aliphatic carbocycles. The lowest BCUT2D eigenvalue weighted by atomic mass is 10.3. The molecule has 0 aliphatic rings. The van der Waals surface area contributed by atoms with Crippen LogP contribution in [0.2, 0.25) is 5.02 Å². The highest BCUT2D eigenvalue weighted by Crippen LogP contribution is 2.26. The molecule has 1 aromatic heterocycles. The van der Waals surface area contributed by atoms with Gasteiger partial charge < -0.3 is 14.0 Å². The van der Waals surface area contributed by atoms with Gasteiger partial charge in [0.15, 0.2) is 11.9 Å². The van der Waals surface area contributed by atoms with E-state index in [4.69, 9.17) is 21.1 Å². The molecule has 1 unspecified atom stereocenters. The molecule has 6 heteroatoms.